The fourth-order valence-corrected chi connectivity index (χ4v) is 9.43. The van der Waals surface area contributed by atoms with Gasteiger partial charge in [-0.3, -0.25) is 4.79 Å². The molecule has 0 unspecified atom stereocenters. The Morgan fingerprint density at radius 1 is 1.06 bits per heavy atom. The fourth-order valence-electron chi connectivity index (χ4n) is 9.14. The summed E-state index contributed by atoms with van der Waals surface area (Å²) in [6, 6.07) is 0. The van der Waals surface area contributed by atoms with Crippen LogP contribution in [-0.4, -0.2) is 64.3 Å². The Morgan fingerprint density at radius 3 is 2.42 bits per heavy atom. The molecule has 9 heteroatoms. The van der Waals surface area contributed by atoms with E-state index in [0.717, 1.165) is 38.5 Å². The molecule has 0 saturated heterocycles. The highest BCUT2D eigenvalue weighted by molar-refractivity contribution is 7.86. The van der Waals surface area contributed by atoms with Gasteiger partial charge < -0.3 is 25.2 Å². The SMILES string of the molecule is C[C@H](CCC(=O)NC[C@@H](C)S(=O)(=O)[O-])[C@H]1CC[C@H]2[C@@H]3[C@H](O)C[C@@H]4C[C@H](O)CC[C@]4(C)[C@H]3C[C@H](O)[C@]12C. The lowest BCUT2D eigenvalue weighted by atomic mass is 9.43. The number of aliphatic hydroxyl groups excluding tert-OH is 3. The van der Waals surface area contributed by atoms with Crippen LogP contribution in [0, 0.1) is 46.3 Å². The first kappa shape index (κ1) is 28.3. The summed E-state index contributed by atoms with van der Waals surface area (Å²) in [6.07, 6.45) is 5.54. The monoisotopic (exact) mass is 528 g/mol. The molecular weight excluding hydrogens is 482 g/mol. The average molecular weight is 529 g/mol. The summed E-state index contributed by atoms with van der Waals surface area (Å²) in [5.41, 5.74) is -0.275. The molecule has 0 heterocycles. The van der Waals surface area contributed by atoms with Crippen LogP contribution in [0.3, 0.4) is 0 Å². The van der Waals surface area contributed by atoms with E-state index in [1.807, 2.05) is 0 Å². The third kappa shape index (κ3) is 4.88. The van der Waals surface area contributed by atoms with Crippen LogP contribution in [0.4, 0.5) is 0 Å². The molecule has 4 aliphatic rings. The Balaban J connectivity index is 1.43. The van der Waals surface area contributed by atoms with Gasteiger partial charge in [0.1, 0.15) is 0 Å². The molecule has 208 valence electrons. The fraction of sp³-hybridized carbons (Fsp3) is 0.963. The van der Waals surface area contributed by atoms with Gasteiger partial charge in [0.25, 0.3) is 0 Å². The van der Waals surface area contributed by atoms with Gasteiger partial charge >= 0.3 is 0 Å². The summed E-state index contributed by atoms with van der Waals surface area (Å²) >= 11 is 0. The normalized spacial score (nSPS) is 46.2. The Labute approximate surface area is 216 Å². The molecule has 1 amide bonds. The minimum Gasteiger partial charge on any atom is -0.748 e. The van der Waals surface area contributed by atoms with Crippen molar-refractivity contribution in [2.45, 2.75) is 109 Å². The van der Waals surface area contributed by atoms with Crippen LogP contribution in [-0.2, 0) is 14.9 Å². The van der Waals surface area contributed by atoms with Gasteiger partial charge in [0.15, 0.2) is 0 Å². The highest BCUT2D eigenvalue weighted by Crippen LogP contribution is 2.68. The van der Waals surface area contributed by atoms with E-state index in [9.17, 15) is 33.1 Å². The number of rotatable bonds is 7. The predicted molar refractivity (Wildman–Crippen MR) is 135 cm³/mol. The number of carbonyl (C=O) groups is 1. The molecule has 0 spiro atoms. The summed E-state index contributed by atoms with van der Waals surface area (Å²) in [5.74, 6) is 1.10. The van der Waals surface area contributed by atoms with Gasteiger partial charge in [-0.05, 0) is 105 Å². The molecule has 36 heavy (non-hydrogen) atoms. The maximum absolute atomic E-state index is 12.3. The molecule has 0 aliphatic heterocycles. The van der Waals surface area contributed by atoms with Crippen LogP contribution in [0.5, 0.6) is 0 Å². The third-order valence-electron chi connectivity index (χ3n) is 11.4. The first-order valence-corrected chi connectivity index (χ1v) is 15.4. The molecule has 0 aromatic heterocycles. The summed E-state index contributed by atoms with van der Waals surface area (Å²) < 4.78 is 33.2. The topological polar surface area (TPSA) is 147 Å². The van der Waals surface area contributed by atoms with Gasteiger partial charge in [-0.25, -0.2) is 8.42 Å². The van der Waals surface area contributed by atoms with Gasteiger partial charge in [0, 0.05) is 13.0 Å². The van der Waals surface area contributed by atoms with Crippen molar-refractivity contribution in [2.24, 2.45) is 46.3 Å². The molecule has 12 atom stereocenters. The van der Waals surface area contributed by atoms with Gasteiger partial charge in [-0.2, -0.15) is 0 Å². The number of hydrogen-bond donors (Lipinski definition) is 4. The maximum Gasteiger partial charge on any atom is 0.220 e. The highest BCUT2D eigenvalue weighted by atomic mass is 32.2. The lowest BCUT2D eigenvalue weighted by Crippen LogP contribution is -2.62. The van der Waals surface area contributed by atoms with E-state index in [0.29, 0.717) is 18.8 Å². The third-order valence-corrected chi connectivity index (χ3v) is 12.6. The molecule has 4 saturated carbocycles. The lowest BCUT2D eigenvalue weighted by molar-refractivity contribution is -0.207. The molecule has 4 aliphatic carbocycles. The zero-order valence-electron chi connectivity index (χ0n) is 22.2. The summed E-state index contributed by atoms with van der Waals surface area (Å²) in [4.78, 5) is 12.3. The van der Waals surface area contributed by atoms with E-state index >= 15 is 0 Å². The predicted octanol–water partition coefficient (Wildman–Crippen LogP) is 2.41. The maximum atomic E-state index is 12.3. The Bertz CT molecular complexity index is 927. The number of nitrogens with one attached hydrogen (secondary N) is 1. The minimum atomic E-state index is -4.42. The number of hydrogen-bond acceptors (Lipinski definition) is 7. The van der Waals surface area contributed by atoms with Crippen LogP contribution in [0.1, 0.15) is 85.5 Å². The van der Waals surface area contributed by atoms with Gasteiger partial charge in [-0.1, -0.05) is 20.8 Å². The van der Waals surface area contributed by atoms with E-state index < -0.39 is 27.6 Å². The second-order valence-corrected chi connectivity index (χ2v) is 14.9. The van der Waals surface area contributed by atoms with Crippen molar-refractivity contribution < 1.29 is 33.1 Å². The summed E-state index contributed by atoms with van der Waals surface area (Å²) in [5, 5.41) is 34.7. The summed E-state index contributed by atoms with van der Waals surface area (Å²) in [6.45, 7) is 7.76. The number of amides is 1. The molecule has 8 nitrogen and oxygen atoms in total. The van der Waals surface area contributed by atoms with Crippen LogP contribution in [0.15, 0.2) is 0 Å². The number of carbonyl (C=O) groups excluding carboxylic acids is 1. The van der Waals surface area contributed by atoms with Crippen molar-refractivity contribution >= 4 is 16.0 Å². The number of aliphatic hydroxyl groups is 3. The molecule has 0 aromatic rings. The largest absolute Gasteiger partial charge is 0.748 e. The van der Waals surface area contributed by atoms with Crippen molar-refractivity contribution in [3.05, 3.63) is 0 Å². The second kappa shape index (κ2) is 10.1. The lowest BCUT2D eigenvalue weighted by Gasteiger charge is -2.63. The Hall–Kier alpha value is -0.740. The van der Waals surface area contributed by atoms with Crippen molar-refractivity contribution in [1.29, 1.82) is 0 Å². The van der Waals surface area contributed by atoms with Crippen LogP contribution >= 0.6 is 0 Å². The number of fused-ring (bicyclic) bond motifs is 5. The zero-order valence-corrected chi connectivity index (χ0v) is 23.0. The van der Waals surface area contributed by atoms with Crippen molar-refractivity contribution in [1.82, 2.24) is 5.32 Å². The van der Waals surface area contributed by atoms with Gasteiger partial charge in [0.05, 0.1) is 33.7 Å². The molecule has 4 fully saturated rings. The average Bonchev–Trinajstić information content (AvgIpc) is 3.15. The van der Waals surface area contributed by atoms with E-state index in [4.69, 9.17) is 0 Å². The van der Waals surface area contributed by atoms with Crippen LogP contribution in [0.25, 0.3) is 0 Å². The van der Waals surface area contributed by atoms with Crippen LogP contribution < -0.4 is 5.32 Å². The highest BCUT2D eigenvalue weighted by Gasteiger charge is 2.65. The molecule has 4 rings (SSSR count). The Morgan fingerprint density at radius 2 is 1.75 bits per heavy atom. The van der Waals surface area contributed by atoms with E-state index in [1.165, 1.54) is 6.92 Å². The van der Waals surface area contributed by atoms with E-state index in [2.05, 4.69) is 26.1 Å². The first-order valence-electron chi connectivity index (χ1n) is 13.9. The molecule has 4 N–H and O–H groups in total. The van der Waals surface area contributed by atoms with Crippen molar-refractivity contribution in [3.63, 3.8) is 0 Å². The molecule has 0 radical (unpaired) electrons. The standard InChI is InChI=1S/C27H47NO7S/c1-15(5-8-24(32)28-14-16(2)36(33,34)35)19-6-7-20-25-21(13-23(31)27(19,20)4)26(3)10-9-18(29)11-17(26)12-22(25)30/h15-23,25,29-31H,5-14H2,1-4H3,(H,28,32)(H,33,34,35)/p-1/t15-,16-,17+,18-,19-,20+,21+,22-,23+,25+,26+,27-/m1/s1. The zero-order chi connectivity index (χ0) is 26.6. The van der Waals surface area contributed by atoms with Gasteiger partial charge in [0.2, 0.25) is 5.91 Å². The van der Waals surface area contributed by atoms with E-state index in [-0.39, 0.29) is 65.4 Å². The Kier molecular flexibility index (Phi) is 7.93. The first-order chi connectivity index (χ1) is 16.7. The molecular formula is C27H46NO7S-. The second-order valence-electron chi connectivity index (χ2n) is 13.1. The van der Waals surface area contributed by atoms with Crippen molar-refractivity contribution in [2.75, 3.05) is 6.54 Å². The van der Waals surface area contributed by atoms with Crippen molar-refractivity contribution in [3.8, 4) is 0 Å². The smallest absolute Gasteiger partial charge is 0.220 e. The molecule has 0 bridgehead atoms. The summed E-state index contributed by atoms with van der Waals surface area (Å²) in [7, 11) is -4.42. The van der Waals surface area contributed by atoms with Crippen LogP contribution in [0.2, 0.25) is 0 Å². The van der Waals surface area contributed by atoms with Gasteiger partial charge in [-0.15, -0.1) is 0 Å². The molecule has 0 aromatic carbocycles. The van der Waals surface area contributed by atoms with E-state index in [1.54, 1.807) is 0 Å². The minimum absolute atomic E-state index is 0.0436. The quantitative estimate of drug-likeness (QED) is 0.371.